The van der Waals surface area contributed by atoms with E-state index in [1.54, 1.807) is 6.92 Å². The molecule has 31 heavy (non-hydrogen) atoms. The highest BCUT2D eigenvalue weighted by molar-refractivity contribution is 6.34. The summed E-state index contributed by atoms with van der Waals surface area (Å²) in [5, 5.41) is -0.442. The van der Waals surface area contributed by atoms with Crippen LogP contribution in [0.25, 0.3) is 5.70 Å². The number of alkyl halides is 3. The second-order valence-electron chi connectivity index (χ2n) is 8.64. The molecule has 0 amide bonds. The van der Waals surface area contributed by atoms with Gasteiger partial charge in [-0.2, -0.15) is 13.2 Å². The van der Waals surface area contributed by atoms with E-state index in [1.807, 2.05) is 11.8 Å². The van der Waals surface area contributed by atoms with E-state index in [0.717, 1.165) is 18.9 Å². The van der Waals surface area contributed by atoms with E-state index in [0.29, 0.717) is 31.3 Å². The van der Waals surface area contributed by atoms with Gasteiger partial charge in [0, 0.05) is 36.3 Å². The highest BCUT2D eigenvalue weighted by atomic mass is 35.5. The minimum Gasteiger partial charge on any atom is -0.376 e. The molecular weight excluding hydrogens is 433 g/mol. The van der Waals surface area contributed by atoms with Crippen LogP contribution in [-0.4, -0.2) is 47.6 Å². The van der Waals surface area contributed by atoms with Crippen molar-refractivity contribution in [2.24, 2.45) is 11.1 Å². The minimum atomic E-state index is -4.57. The van der Waals surface area contributed by atoms with Crippen LogP contribution < -0.4 is 16.2 Å². The van der Waals surface area contributed by atoms with Gasteiger partial charge in [-0.1, -0.05) is 17.7 Å². The molecule has 10 heteroatoms. The summed E-state index contributed by atoms with van der Waals surface area (Å²) in [6.45, 7) is 5.61. The van der Waals surface area contributed by atoms with E-state index < -0.39 is 22.3 Å². The van der Waals surface area contributed by atoms with Gasteiger partial charge in [-0.25, -0.2) is 4.98 Å². The number of rotatable bonds is 2. The van der Waals surface area contributed by atoms with Gasteiger partial charge in [0.2, 0.25) is 0 Å². The van der Waals surface area contributed by atoms with Crippen molar-refractivity contribution in [3.63, 3.8) is 0 Å². The highest BCUT2D eigenvalue weighted by Gasteiger charge is 2.47. The predicted octanol–water partition coefficient (Wildman–Crippen LogP) is 3.57. The summed E-state index contributed by atoms with van der Waals surface area (Å²) in [4.78, 5) is 19.5. The van der Waals surface area contributed by atoms with E-state index in [-0.39, 0.29) is 36.1 Å². The van der Waals surface area contributed by atoms with Gasteiger partial charge in [0.1, 0.15) is 11.6 Å². The molecule has 2 saturated heterocycles. The van der Waals surface area contributed by atoms with E-state index in [9.17, 15) is 18.0 Å². The van der Waals surface area contributed by atoms with Crippen molar-refractivity contribution >= 4 is 23.1 Å². The average molecular weight is 459 g/mol. The first-order valence-electron chi connectivity index (χ1n) is 10.4. The second-order valence-corrected chi connectivity index (χ2v) is 9.02. The zero-order valence-corrected chi connectivity index (χ0v) is 18.3. The zero-order valence-electron chi connectivity index (χ0n) is 17.5. The van der Waals surface area contributed by atoms with Gasteiger partial charge in [0.05, 0.1) is 23.3 Å². The van der Waals surface area contributed by atoms with Gasteiger partial charge >= 0.3 is 6.18 Å². The zero-order chi connectivity index (χ0) is 22.6. The predicted molar refractivity (Wildman–Crippen MR) is 113 cm³/mol. The number of halogens is 4. The van der Waals surface area contributed by atoms with Crippen molar-refractivity contribution in [3.8, 4) is 0 Å². The number of nitrogens with zero attached hydrogens (tertiary/aromatic N) is 3. The van der Waals surface area contributed by atoms with Crippen molar-refractivity contribution in [2.75, 3.05) is 24.6 Å². The van der Waals surface area contributed by atoms with Crippen LogP contribution in [0.4, 0.5) is 19.0 Å². The molecule has 0 aromatic carbocycles. The van der Waals surface area contributed by atoms with Gasteiger partial charge in [-0.15, -0.1) is 0 Å². The molecule has 0 saturated carbocycles. The third-order valence-corrected chi connectivity index (χ3v) is 7.22. The quantitative estimate of drug-likeness (QED) is 0.733. The standard InChI is InChI=1S/C21H26ClF3N4O2/c1-12-19(26)20(11-31-12)6-8-28(9-7-20)16-10-17(30)29(13(2)27-16)15-5-3-4-14(18(15)22)21(23,24)25/h4,10,12,19H,3,5-9,11,26H2,1-2H3/t12-,19+/m0/s1. The van der Waals surface area contributed by atoms with Crippen molar-refractivity contribution in [1.82, 2.24) is 9.55 Å². The van der Waals surface area contributed by atoms with Crippen LogP contribution in [0.1, 0.15) is 38.4 Å². The highest BCUT2D eigenvalue weighted by Crippen LogP contribution is 2.42. The third-order valence-electron chi connectivity index (χ3n) is 6.80. The normalized spacial score (nSPS) is 26.5. The number of nitrogens with two attached hydrogens (primary N) is 1. The molecule has 1 aliphatic carbocycles. The van der Waals surface area contributed by atoms with Crippen LogP contribution in [0.15, 0.2) is 27.5 Å². The topological polar surface area (TPSA) is 73.4 Å². The van der Waals surface area contributed by atoms with E-state index in [2.05, 4.69) is 4.98 Å². The summed E-state index contributed by atoms with van der Waals surface area (Å²) in [6, 6.07) is 1.36. The van der Waals surface area contributed by atoms with E-state index in [4.69, 9.17) is 22.1 Å². The Hall–Kier alpha value is -1.84. The lowest BCUT2D eigenvalue weighted by Gasteiger charge is -2.41. The van der Waals surface area contributed by atoms with Gasteiger partial charge in [-0.3, -0.25) is 9.36 Å². The lowest BCUT2D eigenvalue weighted by atomic mass is 9.73. The van der Waals surface area contributed by atoms with Crippen LogP contribution in [-0.2, 0) is 4.74 Å². The maximum atomic E-state index is 13.3. The largest absolute Gasteiger partial charge is 0.417 e. The van der Waals surface area contributed by atoms with Crippen molar-refractivity contribution < 1.29 is 17.9 Å². The number of allylic oxidation sites excluding steroid dienone is 4. The summed E-state index contributed by atoms with van der Waals surface area (Å²) >= 11 is 6.06. The van der Waals surface area contributed by atoms with Gasteiger partial charge in [-0.05, 0) is 39.5 Å². The number of aryl methyl sites for hydroxylation is 1. The Morgan fingerprint density at radius 3 is 2.55 bits per heavy atom. The number of hydrogen-bond donors (Lipinski definition) is 1. The fraction of sp³-hybridized carbons (Fsp3) is 0.619. The van der Waals surface area contributed by atoms with E-state index in [1.165, 1.54) is 10.6 Å². The van der Waals surface area contributed by atoms with Gasteiger partial charge < -0.3 is 15.4 Å². The molecule has 170 valence electrons. The summed E-state index contributed by atoms with van der Waals surface area (Å²) in [7, 11) is 0. The molecule has 0 unspecified atom stereocenters. The Balaban J connectivity index is 1.59. The first-order valence-corrected chi connectivity index (χ1v) is 10.8. The third kappa shape index (κ3) is 3.91. The first-order chi connectivity index (χ1) is 14.5. The molecule has 1 spiro atoms. The lowest BCUT2D eigenvalue weighted by Crippen LogP contribution is -2.51. The van der Waals surface area contributed by atoms with Crippen LogP contribution in [0, 0.1) is 12.3 Å². The molecule has 2 fully saturated rings. The molecule has 1 aromatic heterocycles. The number of ether oxygens (including phenoxy) is 1. The summed E-state index contributed by atoms with van der Waals surface area (Å²) in [6.07, 6.45) is -1.42. The Morgan fingerprint density at radius 1 is 1.32 bits per heavy atom. The lowest BCUT2D eigenvalue weighted by molar-refractivity contribution is -0.0890. The molecular formula is C21H26ClF3N4O2. The van der Waals surface area contributed by atoms with E-state index >= 15 is 0 Å². The number of anilines is 1. The smallest absolute Gasteiger partial charge is 0.376 e. The molecule has 6 nitrogen and oxygen atoms in total. The van der Waals surface area contributed by atoms with Crippen LogP contribution in [0.5, 0.6) is 0 Å². The van der Waals surface area contributed by atoms with Gasteiger partial charge in [0.15, 0.2) is 0 Å². The molecule has 0 radical (unpaired) electrons. The van der Waals surface area contributed by atoms with Crippen molar-refractivity contribution in [1.29, 1.82) is 0 Å². The first kappa shape index (κ1) is 22.4. The molecule has 4 rings (SSSR count). The summed E-state index contributed by atoms with van der Waals surface area (Å²) in [5.41, 5.74) is 5.10. The van der Waals surface area contributed by atoms with Crippen LogP contribution >= 0.6 is 11.6 Å². The Labute approximate surface area is 183 Å². The van der Waals surface area contributed by atoms with Gasteiger partial charge in [0.25, 0.3) is 5.56 Å². The minimum absolute atomic E-state index is 0.0198. The maximum absolute atomic E-state index is 13.3. The fourth-order valence-corrected chi connectivity index (χ4v) is 5.25. The van der Waals surface area contributed by atoms with Crippen LogP contribution in [0.2, 0.25) is 0 Å². The summed E-state index contributed by atoms with van der Waals surface area (Å²) in [5.74, 6) is 0.835. The fourth-order valence-electron chi connectivity index (χ4n) is 4.89. The van der Waals surface area contributed by atoms with Crippen LogP contribution in [0.3, 0.4) is 0 Å². The Kier molecular flexibility index (Phi) is 5.72. The summed E-state index contributed by atoms with van der Waals surface area (Å²) < 4.78 is 46.7. The molecule has 2 atom stereocenters. The number of aromatic nitrogens is 2. The molecule has 0 bridgehead atoms. The molecule has 2 N–H and O–H groups in total. The Morgan fingerprint density at radius 2 is 2.00 bits per heavy atom. The average Bonchev–Trinajstić information content (AvgIpc) is 2.97. The second kappa shape index (κ2) is 7.94. The molecule has 3 heterocycles. The molecule has 3 aliphatic rings. The SMILES string of the molecule is Cc1nc(N2CCC3(CC2)CO[C@@H](C)[C@H]3N)cc(=O)n1C1=C(Cl)C(C(F)(F)F)=CCC1. The number of piperidine rings is 1. The Bertz CT molecular complexity index is 993. The number of hydrogen-bond acceptors (Lipinski definition) is 5. The molecule has 2 aliphatic heterocycles. The molecule has 1 aromatic rings. The maximum Gasteiger partial charge on any atom is 0.417 e. The van der Waals surface area contributed by atoms with Crippen molar-refractivity contribution in [2.45, 2.75) is 57.9 Å². The monoisotopic (exact) mass is 458 g/mol. The van der Waals surface area contributed by atoms with Crippen molar-refractivity contribution in [3.05, 3.63) is 38.9 Å².